The largest absolute Gasteiger partial charge is 0.481 e. The second-order valence-corrected chi connectivity index (χ2v) is 6.94. The smallest absolute Gasteiger partial charge is 0.306 e. The number of carbonyl (C=O) groups excluding carboxylic acids is 1. The van der Waals surface area contributed by atoms with Gasteiger partial charge in [0.2, 0.25) is 5.91 Å². The molecule has 2 unspecified atom stereocenters. The molecule has 0 heterocycles. The molecule has 0 aromatic rings. The number of carboxylic acid groups (broad SMARTS) is 1. The van der Waals surface area contributed by atoms with E-state index in [0.29, 0.717) is 31.2 Å². The van der Waals surface area contributed by atoms with Gasteiger partial charge < -0.3 is 15.8 Å². The Hall–Kier alpha value is -1.63. The molecule has 1 aliphatic rings. The van der Waals surface area contributed by atoms with E-state index in [4.69, 9.17) is 5.84 Å². The van der Waals surface area contributed by atoms with Crippen LogP contribution < -0.4 is 16.6 Å². The van der Waals surface area contributed by atoms with Gasteiger partial charge in [-0.1, -0.05) is 20.3 Å². The first-order chi connectivity index (χ1) is 11.4. The zero-order chi connectivity index (χ0) is 18.1. The molecule has 7 nitrogen and oxygen atoms in total. The molecular weight excluding hydrogens is 308 g/mol. The number of carbonyl (C=O) groups is 2. The van der Waals surface area contributed by atoms with Crippen molar-refractivity contribution in [2.75, 3.05) is 6.54 Å². The van der Waals surface area contributed by atoms with Gasteiger partial charge in [0.15, 0.2) is 0 Å². The van der Waals surface area contributed by atoms with Gasteiger partial charge in [-0.05, 0) is 43.4 Å². The molecule has 0 saturated heterocycles. The molecule has 1 saturated carbocycles. The summed E-state index contributed by atoms with van der Waals surface area (Å²) in [4.78, 5) is 26.7. The summed E-state index contributed by atoms with van der Waals surface area (Å²) in [6.45, 7) is 6.55. The van der Waals surface area contributed by atoms with Crippen LogP contribution in [0.2, 0.25) is 0 Å². The number of nitrogens with zero attached hydrogens (tertiary/aromatic N) is 1. The van der Waals surface area contributed by atoms with Crippen molar-refractivity contribution in [2.24, 2.45) is 34.5 Å². The van der Waals surface area contributed by atoms with E-state index in [9.17, 15) is 14.7 Å². The Labute approximate surface area is 144 Å². The number of nitrogens with two attached hydrogens (primary N) is 1. The number of aliphatic imine (C=N–C) groups is 1. The van der Waals surface area contributed by atoms with Crippen LogP contribution in [-0.4, -0.2) is 35.9 Å². The molecular formula is C17H32N4O3. The number of carboxylic acids is 1. The highest BCUT2D eigenvalue weighted by atomic mass is 16.4. The lowest BCUT2D eigenvalue weighted by Crippen LogP contribution is -2.30. The predicted octanol–water partition coefficient (Wildman–Crippen LogP) is 1.54. The maximum absolute atomic E-state index is 11.3. The summed E-state index contributed by atoms with van der Waals surface area (Å²) in [5.41, 5.74) is 2.40. The van der Waals surface area contributed by atoms with Crippen molar-refractivity contribution >= 4 is 18.2 Å². The minimum absolute atomic E-state index is 0.000446. The van der Waals surface area contributed by atoms with Crippen LogP contribution in [0.25, 0.3) is 0 Å². The third kappa shape index (κ3) is 6.47. The van der Waals surface area contributed by atoms with Gasteiger partial charge in [0.05, 0.1) is 18.3 Å². The lowest BCUT2D eigenvalue weighted by atomic mass is 9.84. The molecule has 0 bridgehead atoms. The molecule has 0 aromatic carbocycles. The van der Waals surface area contributed by atoms with Crippen LogP contribution in [0.5, 0.6) is 0 Å². The van der Waals surface area contributed by atoms with Gasteiger partial charge in [0, 0.05) is 13.5 Å². The minimum atomic E-state index is -0.732. The first-order valence-electron chi connectivity index (χ1n) is 8.83. The summed E-state index contributed by atoms with van der Waals surface area (Å²) in [6.07, 6.45) is 5.75. The number of hydrogen-bond acceptors (Lipinski definition) is 4. The lowest BCUT2D eigenvalue weighted by Gasteiger charge is -2.25. The summed E-state index contributed by atoms with van der Waals surface area (Å²) < 4.78 is 0. The van der Waals surface area contributed by atoms with E-state index in [1.807, 2.05) is 0 Å². The number of hydrazine groups is 1. The third-order valence-electron chi connectivity index (χ3n) is 5.26. The molecule has 0 aliphatic heterocycles. The number of nitrogens with one attached hydrogen (secondary N) is 2. The van der Waals surface area contributed by atoms with Crippen LogP contribution in [0, 0.1) is 23.7 Å². The minimum Gasteiger partial charge on any atom is -0.481 e. The second kappa shape index (κ2) is 10.3. The maximum Gasteiger partial charge on any atom is 0.306 e. The molecule has 1 fully saturated rings. The van der Waals surface area contributed by atoms with E-state index >= 15 is 0 Å². The first kappa shape index (κ1) is 20.4. The quantitative estimate of drug-likeness (QED) is 0.208. The van der Waals surface area contributed by atoms with Gasteiger partial charge in [-0.15, -0.1) is 0 Å². The summed E-state index contributed by atoms with van der Waals surface area (Å²) in [5.74, 6) is 5.39. The molecule has 24 heavy (non-hydrogen) atoms. The summed E-state index contributed by atoms with van der Waals surface area (Å²) in [7, 11) is 0. The molecule has 0 radical (unpaired) electrons. The van der Waals surface area contributed by atoms with E-state index in [1.54, 1.807) is 0 Å². The van der Waals surface area contributed by atoms with Crippen molar-refractivity contribution in [1.82, 2.24) is 10.7 Å². The first-order valence-corrected chi connectivity index (χ1v) is 8.83. The van der Waals surface area contributed by atoms with Crippen molar-refractivity contribution in [3.63, 3.8) is 0 Å². The Kier molecular flexibility index (Phi) is 8.74. The fourth-order valence-electron chi connectivity index (χ4n) is 3.73. The van der Waals surface area contributed by atoms with Crippen LogP contribution >= 0.6 is 0 Å². The standard InChI is InChI=1S/C17H32N4O3/c1-4-13(11(2)9-19-12(3)22)5-6-14-7-15(17(23)24)8-16(14)20-10-21-18/h10-11,13-16H,4-9,18H2,1-3H3,(H,19,22)(H,20,21)(H,23,24)/t11?,13?,14-,15-,16-/m0/s1. The van der Waals surface area contributed by atoms with E-state index in [0.717, 1.165) is 19.3 Å². The van der Waals surface area contributed by atoms with E-state index in [-0.39, 0.29) is 23.8 Å². The van der Waals surface area contributed by atoms with Gasteiger partial charge in [-0.3, -0.25) is 14.6 Å². The molecule has 1 rings (SSSR count). The average molecular weight is 340 g/mol. The van der Waals surface area contributed by atoms with Crippen molar-refractivity contribution in [3.05, 3.63) is 0 Å². The van der Waals surface area contributed by atoms with Gasteiger partial charge >= 0.3 is 5.97 Å². The summed E-state index contributed by atoms with van der Waals surface area (Å²) in [6, 6.07) is 0.0188. The Balaban J connectivity index is 2.58. The van der Waals surface area contributed by atoms with Crippen molar-refractivity contribution in [1.29, 1.82) is 0 Å². The zero-order valence-corrected chi connectivity index (χ0v) is 15.0. The van der Waals surface area contributed by atoms with Gasteiger partial charge in [-0.2, -0.15) is 0 Å². The second-order valence-electron chi connectivity index (χ2n) is 6.94. The van der Waals surface area contributed by atoms with Crippen LogP contribution in [0.3, 0.4) is 0 Å². The molecule has 138 valence electrons. The number of rotatable bonds is 10. The Morgan fingerprint density at radius 1 is 1.42 bits per heavy atom. The van der Waals surface area contributed by atoms with E-state index in [1.165, 1.54) is 13.3 Å². The summed E-state index contributed by atoms with van der Waals surface area (Å²) in [5, 5.41) is 12.2. The van der Waals surface area contributed by atoms with Gasteiger partial charge in [0.1, 0.15) is 0 Å². The van der Waals surface area contributed by atoms with Crippen LogP contribution in [0.4, 0.5) is 0 Å². The number of amides is 1. The zero-order valence-electron chi connectivity index (χ0n) is 15.0. The number of aliphatic carboxylic acids is 1. The third-order valence-corrected chi connectivity index (χ3v) is 5.26. The van der Waals surface area contributed by atoms with Crippen LogP contribution in [-0.2, 0) is 9.59 Å². The molecule has 7 heteroatoms. The fraction of sp³-hybridized carbons (Fsp3) is 0.824. The average Bonchev–Trinajstić information content (AvgIpc) is 2.95. The van der Waals surface area contributed by atoms with Gasteiger partial charge in [0.25, 0.3) is 0 Å². The lowest BCUT2D eigenvalue weighted by molar-refractivity contribution is -0.141. The monoisotopic (exact) mass is 340 g/mol. The van der Waals surface area contributed by atoms with Crippen molar-refractivity contribution < 1.29 is 14.7 Å². The Bertz CT molecular complexity index is 442. The molecule has 0 aromatic heterocycles. The predicted molar refractivity (Wildman–Crippen MR) is 94.3 cm³/mol. The van der Waals surface area contributed by atoms with Crippen molar-refractivity contribution in [3.8, 4) is 0 Å². The Morgan fingerprint density at radius 3 is 2.67 bits per heavy atom. The highest BCUT2D eigenvalue weighted by Crippen LogP contribution is 2.38. The fourth-order valence-corrected chi connectivity index (χ4v) is 3.73. The highest BCUT2D eigenvalue weighted by Gasteiger charge is 2.37. The topological polar surface area (TPSA) is 117 Å². The summed E-state index contributed by atoms with van der Waals surface area (Å²) >= 11 is 0. The maximum atomic E-state index is 11.3. The van der Waals surface area contributed by atoms with E-state index in [2.05, 4.69) is 29.6 Å². The Morgan fingerprint density at radius 2 is 2.12 bits per heavy atom. The van der Waals surface area contributed by atoms with Crippen LogP contribution in [0.15, 0.2) is 4.99 Å². The molecule has 1 amide bonds. The SMILES string of the molecule is CCC(CC[C@H]1C[C@H](C(=O)O)C[C@@H]1N=CNN)C(C)CNC(C)=O. The van der Waals surface area contributed by atoms with Gasteiger partial charge in [-0.25, -0.2) is 5.84 Å². The highest BCUT2D eigenvalue weighted by molar-refractivity contribution is 5.72. The van der Waals surface area contributed by atoms with E-state index < -0.39 is 5.97 Å². The van der Waals surface area contributed by atoms with Crippen molar-refractivity contribution in [2.45, 2.75) is 58.9 Å². The molecule has 5 atom stereocenters. The number of hydrogen-bond donors (Lipinski definition) is 4. The normalized spacial score (nSPS) is 26.2. The molecule has 1 aliphatic carbocycles. The molecule has 0 spiro atoms. The molecule has 5 N–H and O–H groups in total. The van der Waals surface area contributed by atoms with Crippen LogP contribution in [0.1, 0.15) is 52.9 Å².